The molecule has 21 heavy (non-hydrogen) atoms. The van der Waals surface area contributed by atoms with Crippen LogP contribution in [0.4, 0.5) is 0 Å². The first-order valence-electron chi connectivity index (χ1n) is 6.02. The second-order valence-electron chi connectivity index (χ2n) is 4.42. The summed E-state index contributed by atoms with van der Waals surface area (Å²) in [6.45, 7) is 1.93. The second kappa shape index (κ2) is 5.92. The maximum Gasteiger partial charge on any atom is 0.337 e. The molecule has 0 aliphatic rings. The van der Waals surface area contributed by atoms with Gasteiger partial charge in [-0.3, -0.25) is 0 Å². The third-order valence-corrected chi connectivity index (χ3v) is 5.54. The summed E-state index contributed by atoms with van der Waals surface area (Å²) in [7, 11) is -2.48. The lowest BCUT2D eigenvalue weighted by Gasteiger charge is -2.17. The van der Waals surface area contributed by atoms with Gasteiger partial charge < -0.3 is 5.11 Å². The Kier molecular flexibility index (Phi) is 4.40. The van der Waals surface area contributed by atoms with Crippen molar-refractivity contribution < 1.29 is 18.3 Å². The van der Waals surface area contributed by atoms with E-state index in [-0.39, 0.29) is 17.0 Å². The zero-order valence-electron chi connectivity index (χ0n) is 11.5. The van der Waals surface area contributed by atoms with Crippen molar-refractivity contribution in [3.05, 3.63) is 45.9 Å². The highest BCUT2D eigenvalue weighted by Crippen LogP contribution is 2.21. The first-order valence-corrected chi connectivity index (χ1v) is 8.34. The number of carboxylic acid groups (broad SMARTS) is 1. The molecule has 0 spiro atoms. The summed E-state index contributed by atoms with van der Waals surface area (Å²) in [4.78, 5) is 15.2. The van der Waals surface area contributed by atoms with E-state index in [2.05, 4.69) is 4.98 Å². The Hall–Kier alpha value is -1.77. The number of hydrogen-bond acceptors (Lipinski definition) is 5. The van der Waals surface area contributed by atoms with E-state index in [9.17, 15) is 13.2 Å². The quantitative estimate of drug-likeness (QED) is 0.907. The molecule has 0 fully saturated rings. The molecule has 0 unspecified atom stereocenters. The van der Waals surface area contributed by atoms with Crippen LogP contribution in [0, 0.1) is 6.92 Å². The van der Waals surface area contributed by atoms with Crippen molar-refractivity contribution in [1.29, 1.82) is 0 Å². The number of carboxylic acids is 1. The van der Waals surface area contributed by atoms with Gasteiger partial charge in [0.2, 0.25) is 10.0 Å². The molecule has 2 aromatic rings. The van der Waals surface area contributed by atoms with Crippen molar-refractivity contribution >= 4 is 27.3 Å². The van der Waals surface area contributed by atoms with E-state index in [0.717, 1.165) is 9.31 Å². The van der Waals surface area contributed by atoms with Crippen molar-refractivity contribution in [3.8, 4) is 0 Å². The molecule has 1 aromatic heterocycles. The Balaban J connectivity index is 2.35. The molecular weight excluding hydrogens is 312 g/mol. The normalized spacial score (nSPS) is 11.8. The summed E-state index contributed by atoms with van der Waals surface area (Å²) in [5.41, 5.74) is 0.398. The summed E-state index contributed by atoms with van der Waals surface area (Å²) >= 11 is 1.43. The lowest BCUT2D eigenvalue weighted by molar-refractivity contribution is 0.0692. The van der Waals surface area contributed by atoms with E-state index in [4.69, 9.17) is 5.11 Å². The van der Waals surface area contributed by atoms with Gasteiger partial charge in [-0.15, -0.1) is 11.3 Å². The Morgan fingerprint density at radius 2 is 2.05 bits per heavy atom. The molecule has 112 valence electrons. The number of aromatic nitrogens is 1. The summed E-state index contributed by atoms with van der Waals surface area (Å²) in [6, 6.07) is 5.56. The molecule has 0 aliphatic carbocycles. The highest BCUT2D eigenvalue weighted by atomic mass is 32.2. The molecule has 0 amide bonds. The molecule has 0 aliphatic heterocycles. The van der Waals surface area contributed by atoms with Gasteiger partial charge in [0.1, 0.15) is 0 Å². The number of thiazole rings is 1. The summed E-state index contributed by atoms with van der Waals surface area (Å²) in [5, 5.41) is 11.7. The number of rotatable bonds is 5. The Morgan fingerprint density at radius 1 is 1.38 bits per heavy atom. The number of nitrogens with zero attached hydrogens (tertiary/aromatic N) is 2. The fourth-order valence-corrected chi connectivity index (χ4v) is 3.76. The van der Waals surface area contributed by atoms with Gasteiger partial charge in [0, 0.05) is 12.4 Å². The molecule has 0 bridgehead atoms. The average Bonchev–Trinajstić information content (AvgIpc) is 2.84. The second-order valence-corrected chi connectivity index (χ2v) is 7.50. The predicted molar refractivity (Wildman–Crippen MR) is 78.9 cm³/mol. The van der Waals surface area contributed by atoms with Gasteiger partial charge in [0.25, 0.3) is 0 Å². The van der Waals surface area contributed by atoms with Crippen LogP contribution >= 0.6 is 11.3 Å². The van der Waals surface area contributed by atoms with E-state index in [1.54, 1.807) is 5.38 Å². The molecule has 0 saturated carbocycles. The predicted octanol–water partition coefficient (Wildman–Crippen LogP) is 1.97. The molecule has 0 saturated heterocycles. The fraction of sp³-hybridized carbons (Fsp3) is 0.231. The van der Waals surface area contributed by atoms with Crippen molar-refractivity contribution in [2.24, 2.45) is 0 Å². The van der Waals surface area contributed by atoms with Crippen LogP contribution in [0.15, 0.2) is 34.5 Å². The zero-order chi connectivity index (χ0) is 15.6. The standard InChI is InChI=1S/C13H14N2O4S2/c1-9-14-10(8-20-9)7-15(2)21(18,19)12-6-4-3-5-11(12)13(16)17/h3-6,8H,7H2,1-2H3,(H,16,17). The molecular formula is C13H14N2O4S2. The molecule has 8 heteroatoms. The lowest BCUT2D eigenvalue weighted by Crippen LogP contribution is -2.28. The highest BCUT2D eigenvalue weighted by Gasteiger charge is 2.26. The van der Waals surface area contributed by atoms with Gasteiger partial charge in [0.05, 0.1) is 27.7 Å². The number of benzene rings is 1. The number of aromatic carboxylic acids is 1. The van der Waals surface area contributed by atoms with Gasteiger partial charge in [-0.05, 0) is 19.1 Å². The van der Waals surface area contributed by atoms with E-state index in [1.807, 2.05) is 6.92 Å². The third-order valence-electron chi connectivity index (χ3n) is 2.86. The molecule has 1 aromatic carbocycles. The van der Waals surface area contributed by atoms with Crippen LogP contribution in [0.2, 0.25) is 0 Å². The minimum atomic E-state index is -3.89. The van der Waals surface area contributed by atoms with Crippen molar-refractivity contribution in [1.82, 2.24) is 9.29 Å². The van der Waals surface area contributed by atoms with Crippen molar-refractivity contribution in [3.63, 3.8) is 0 Å². The van der Waals surface area contributed by atoms with E-state index >= 15 is 0 Å². The van der Waals surface area contributed by atoms with Crippen LogP contribution in [0.1, 0.15) is 21.1 Å². The van der Waals surface area contributed by atoms with E-state index in [0.29, 0.717) is 5.69 Å². The monoisotopic (exact) mass is 326 g/mol. The van der Waals surface area contributed by atoms with E-state index < -0.39 is 16.0 Å². The topological polar surface area (TPSA) is 87.6 Å². The van der Waals surface area contributed by atoms with Crippen LogP contribution in [-0.2, 0) is 16.6 Å². The van der Waals surface area contributed by atoms with Crippen molar-refractivity contribution in [2.45, 2.75) is 18.4 Å². The van der Waals surface area contributed by atoms with Gasteiger partial charge in [-0.1, -0.05) is 12.1 Å². The number of aryl methyl sites for hydroxylation is 1. The fourth-order valence-electron chi connectivity index (χ4n) is 1.83. The zero-order valence-corrected chi connectivity index (χ0v) is 13.1. The SMILES string of the molecule is Cc1nc(CN(C)S(=O)(=O)c2ccccc2C(=O)O)cs1. The Labute approximate surface area is 126 Å². The van der Waals surface area contributed by atoms with Gasteiger partial charge in [0.15, 0.2) is 0 Å². The van der Waals surface area contributed by atoms with Gasteiger partial charge >= 0.3 is 5.97 Å². The smallest absolute Gasteiger partial charge is 0.337 e. The van der Waals surface area contributed by atoms with Crippen LogP contribution in [0.25, 0.3) is 0 Å². The first-order chi connectivity index (χ1) is 9.82. The number of sulfonamides is 1. The lowest BCUT2D eigenvalue weighted by atomic mass is 10.2. The van der Waals surface area contributed by atoms with Crippen LogP contribution < -0.4 is 0 Å². The van der Waals surface area contributed by atoms with Crippen LogP contribution in [0.3, 0.4) is 0 Å². The first kappa shape index (κ1) is 15.6. The van der Waals surface area contributed by atoms with E-state index in [1.165, 1.54) is 42.6 Å². The Morgan fingerprint density at radius 3 is 2.62 bits per heavy atom. The Bertz CT molecular complexity index is 768. The largest absolute Gasteiger partial charge is 0.478 e. The summed E-state index contributed by atoms with van der Waals surface area (Å²) < 4.78 is 26.1. The third kappa shape index (κ3) is 3.29. The summed E-state index contributed by atoms with van der Waals surface area (Å²) in [5.74, 6) is -1.27. The number of hydrogen-bond donors (Lipinski definition) is 1. The van der Waals surface area contributed by atoms with Gasteiger partial charge in [-0.25, -0.2) is 18.2 Å². The molecule has 2 rings (SSSR count). The summed E-state index contributed by atoms with van der Waals surface area (Å²) in [6.07, 6.45) is 0. The maximum atomic E-state index is 12.5. The molecule has 0 radical (unpaired) electrons. The number of carbonyl (C=O) groups is 1. The van der Waals surface area contributed by atoms with Gasteiger partial charge in [-0.2, -0.15) is 4.31 Å². The highest BCUT2D eigenvalue weighted by molar-refractivity contribution is 7.89. The minimum Gasteiger partial charge on any atom is -0.478 e. The average molecular weight is 326 g/mol. The van der Waals surface area contributed by atoms with Crippen molar-refractivity contribution in [2.75, 3.05) is 7.05 Å². The molecule has 0 atom stereocenters. The maximum absolute atomic E-state index is 12.5. The molecule has 1 heterocycles. The van der Waals surface area contributed by atoms with Crippen LogP contribution in [0.5, 0.6) is 0 Å². The molecule has 1 N–H and O–H groups in total. The minimum absolute atomic E-state index is 0.0978. The van der Waals surface area contributed by atoms with Crippen LogP contribution in [-0.4, -0.2) is 35.8 Å². The molecule has 6 nitrogen and oxygen atoms in total.